The minimum absolute atomic E-state index is 0.0571. The Bertz CT molecular complexity index is 1320. The second-order valence-electron chi connectivity index (χ2n) is 7.80. The molecule has 4 heterocycles. The van der Waals surface area contributed by atoms with E-state index in [4.69, 9.17) is 20.8 Å². The minimum atomic E-state index is -0.439. The molecule has 3 aromatic heterocycles. The molecule has 11 heteroatoms. The monoisotopic (exact) mass is 459 g/mol. The first-order chi connectivity index (χ1) is 16.5. The molecule has 1 fully saturated rings. The van der Waals surface area contributed by atoms with Gasteiger partial charge in [-0.3, -0.25) is 14.4 Å². The summed E-state index contributed by atoms with van der Waals surface area (Å²) < 4.78 is 20.7. The summed E-state index contributed by atoms with van der Waals surface area (Å²) in [5, 5.41) is 22.5. The molecule has 3 aromatic rings. The van der Waals surface area contributed by atoms with Crippen molar-refractivity contribution in [1.29, 1.82) is 10.5 Å². The number of nitriles is 2. The zero-order chi connectivity index (χ0) is 24.1. The fraction of sp³-hybridized carbons (Fsp3) is 0.304. The molecule has 0 atom stereocenters. The lowest BCUT2D eigenvalue weighted by Crippen LogP contribution is -2.32. The van der Waals surface area contributed by atoms with E-state index >= 15 is 0 Å². The normalized spacial score (nSPS) is 15.2. The Morgan fingerprint density at radius 1 is 1.24 bits per heavy atom. The molecule has 0 unspecified atom stereocenters. The number of hydrogen-bond donors (Lipinski definition) is 1. The maximum Gasteiger partial charge on any atom is 0.201 e. The highest BCUT2D eigenvalue weighted by atomic mass is 19.1. The van der Waals surface area contributed by atoms with Crippen molar-refractivity contribution in [2.45, 2.75) is 32.4 Å². The van der Waals surface area contributed by atoms with Gasteiger partial charge in [-0.2, -0.15) is 15.6 Å². The van der Waals surface area contributed by atoms with Crippen molar-refractivity contribution in [2.24, 2.45) is 15.9 Å². The summed E-state index contributed by atoms with van der Waals surface area (Å²) in [4.78, 5) is 14.8. The van der Waals surface area contributed by atoms with Crippen LogP contribution in [0, 0.1) is 28.6 Å². The number of pyridine rings is 2. The second-order valence-corrected chi connectivity index (χ2v) is 7.80. The molecule has 0 bridgehead atoms. The first-order valence-electron chi connectivity index (χ1n) is 10.6. The molecule has 172 valence electrons. The number of fused-ring (bicyclic) bond motifs is 1. The summed E-state index contributed by atoms with van der Waals surface area (Å²) >= 11 is 0. The molecule has 0 saturated carbocycles. The van der Waals surface area contributed by atoms with Gasteiger partial charge in [0.2, 0.25) is 5.88 Å². The number of hydrazone groups is 1. The van der Waals surface area contributed by atoms with Crippen molar-refractivity contribution in [3.8, 4) is 18.1 Å². The predicted octanol–water partition coefficient (Wildman–Crippen LogP) is 2.39. The second kappa shape index (κ2) is 9.96. The lowest BCUT2D eigenvalue weighted by molar-refractivity contribution is 0.285. The van der Waals surface area contributed by atoms with Gasteiger partial charge in [0.05, 0.1) is 29.8 Å². The van der Waals surface area contributed by atoms with E-state index in [0.29, 0.717) is 53.0 Å². The minimum Gasteiger partial charge on any atom is -0.472 e. The molecule has 0 radical (unpaired) electrons. The average molecular weight is 459 g/mol. The summed E-state index contributed by atoms with van der Waals surface area (Å²) in [7, 11) is 0. The smallest absolute Gasteiger partial charge is 0.201 e. The zero-order valence-electron chi connectivity index (χ0n) is 18.5. The van der Waals surface area contributed by atoms with Crippen LogP contribution < -0.4 is 10.6 Å². The van der Waals surface area contributed by atoms with Crippen LogP contribution in [0.25, 0.3) is 5.65 Å². The van der Waals surface area contributed by atoms with Crippen molar-refractivity contribution in [1.82, 2.24) is 19.3 Å². The quantitative estimate of drug-likeness (QED) is 0.258. The summed E-state index contributed by atoms with van der Waals surface area (Å²) in [6, 6.07) is 8.46. The van der Waals surface area contributed by atoms with E-state index in [1.807, 2.05) is 6.92 Å². The molecule has 2 N–H and O–H groups in total. The third kappa shape index (κ3) is 4.79. The largest absolute Gasteiger partial charge is 0.472 e. The lowest BCUT2D eigenvalue weighted by atomic mass is 10.0. The Morgan fingerprint density at radius 2 is 2.03 bits per heavy atom. The number of ether oxygens (including phenoxy) is 1. The van der Waals surface area contributed by atoms with Crippen molar-refractivity contribution in [3.63, 3.8) is 0 Å². The highest BCUT2D eigenvalue weighted by Gasteiger charge is 2.20. The lowest BCUT2D eigenvalue weighted by Gasteiger charge is -2.26. The van der Waals surface area contributed by atoms with Crippen LogP contribution in [0.1, 0.15) is 36.7 Å². The number of rotatable bonds is 6. The van der Waals surface area contributed by atoms with Gasteiger partial charge in [0.25, 0.3) is 0 Å². The van der Waals surface area contributed by atoms with Crippen LogP contribution in [0.2, 0.25) is 0 Å². The molecular formula is C23H22FN9O. The molecule has 0 spiro atoms. The van der Waals surface area contributed by atoms with Crippen molar-refractivity contribution >= 4 is 17.1 Å². The van der Waals surface area contributed by atoms with E-state index in [-0.39, 0.29) is 12.6 Å². The van der Waals surface area contributed by atoms with Crippen LogP contribution >= 0.6 is 0 Å². The topological polar surface area (TPSA) is 141 Å². The van der Waals surface area contributed by atoms with Crippen LogP contribution in [-0.4, -0.2) is 49.8 Å². The first-order valence-corrected chi connectivity index (χ1v) is 10.6. The van der Waals surface area contributed by atoms with Gasteiger partial charge in [-0.15, -0.1) is 0 Å². The van der Waals surface area contributed by atoms with Crippen LogP contribution in [0.15, 0.2) is 46.8 Å². The predicted molar refractivity (Wildman–Crippen MR) is 122 cm³/mol. The van der Waals surface area contributed by atoms with E-state index in [2.05, 4.69) is 27.3 Å². The Hall–Kier alpha value is -4.51. The average Bonchev–Trinajstić information content (AvgIpc) is 3.28. The van der Waals surface area contributed by atoms with Gasteiger partial charge in [-0.25, -0.2) is 9.37 Å². The Morgan fingerprint density at radius 3 is 2.68 bits per heavy atom. The molecule has 34 heavy (non-hydrogen) atoms. The molecule has 1 aliphatic rings. The number of imidazole rings is 1. The summed E-state index contributed by atoms with van der Waals surface area (Å²) in [6.07, 6.45) is 6.27. The standard InChI is InChI=1S/C23H22FN9O/c1-15(30-18-4-6-32(14-26)7-5-18)23(31-27)16-8-21-29-12-20(10-25)33(21)22(9-16)34-13-19-3-2-17(24)11-28-19/h2-3,8-9,11-12,18H,4-7,13,27H2,1H3/b30-15?,31-23+. The van der Waals surface area contributed by atoms with Gasteiger partial charge >= 0.3 is 0 Å². The molecule has 1 saturated heterocycles. The molecule has 10 nitrogen and oxygen atoms in total. The van der Waals surface area contributed by atoms with Gasteiger partial charge in [-0.1, -0.05) is 0 Å². The molecule has 0 amide bonds. The zero-order valence-corrected chi connectivity index (χ0v) is 18.5. The molecule has 4 rings (SSSR count). The van der Waals surface area contributed by atoms with Gasteiger partial charge < -0.3 is 15.5 Å². The van der Waals surface area contributed by atoms with Gasteiger partial charge in [0.15, 0.2) is 6.19 Å². The highest BCUT2D eigenvalue weighted by molar-refractivity contribution is 6.47. The maximum atomic E-state index is 13.2. The molecule has 0 aliphatic carbocycles. The van der Waals surface area contributed by atoms with Gasteiger partial charge in [0, 0.05) is 24.7 Å². The van der Waals surface area contributed by atoms with E-state index < -0.39 is 5.82 Å². The summed E-state index contributed by atoms with van der Waals surface area (Å²) in [5.41, 5.74) is 3.05. The summed E-state index contributed by atoms with van der Waals surface area (Å²) in [5.74, 6) is 5.65. The van der Waals surface area contributed by atoms with Crippen molar-refractivity contribution < 1.29 is 9.13 Å². The third-order valence-corrected chi connectivity index (χ3v) is 5.57. The molecular weight excluding hydrogens is 437 g/mol. The van der Waals surface area contributed by atoms with Crippen LogP contribution in [-0.2, 0) is 6.61 Å². The number of nitrogens with zero attached hydrogens (tertiary/aromatic N) is 8. The number of halogens is 1. The number of aromatic nitrogens is 3. The molecule has 0 aromatic carbocycles. The van der Waals surface area contributed by atoms with Crippen LogP contribution in [0.3, 0.4) is 0 Å². The number of piperidine rings is 1. The third-order valence-electron chi connectivity index (χ3n) is 5.57. The number of likely N-dealkylation sites (tertiary alicyclic amines) is 1. The Kier molecular flexibility index (Phi) is 6.64. The van der Waals surface area contributed by atoms with E-state index in [9.17, 15) is 9.65 Å². The fourth-order valence-electron chi connectivity index (χ4n) is 3.85. The van der Waals surface area contributed by atoms with E-state index in [0.717, 1.165) is 19.0 Å². The van der Waals surface area contributed by atoms with Gasteiger partial charge in [-0.05, 0) is 38.0 Å². The number of nitrogens with two attached hydrogens (primary N) is 1. The number of hydrogen-bond acceptors (Lipinski definition) is 9. The molecule has 1 aliphatic heterocycles. The number of aliphatic imine (C=N–C) groups is 1. The van der Waals surface area contributed by atoms with Gasteiger partial charge in [0.1, 0.15) is 35.5 Å². The fourth-order valence-corrected chi connectivity index (χ4v) is 3.85. The van der Waals surface area contributed by atoms with Crippen LogP contribution in [0.5, 0.6) is 5.88 Å². The highest BCUT2D eigenvalue weighted by Crippen LogP contribution is 2.23. The van der Waals surface area contributed by atoms with Crippen LogP contribution in [0.4, 0.5) is 4.39 Å². The SMILES string of the molecule is CC(=NC1CCN(C#N)CC1)/C(=N\N)c1cc(OCc2ccc(F)cn2)n2c(C#N)cnc2c1. The van der Waals surface area contributed by atoms with Crippen molar-refractivity contribution in [2.75, 3.05) is 13.1 Å². The Labute approximate surface area is 195 Å². The first kappa shape index (κ1) is 22.7. The Balaban J connectivity index is 1.65. The van der Waals surface area contributed by atoms with E-state index in [1.54, 1.807) is 21.4 Å². The van der Waals surface area contributed by atoms with Crippen molar-refractivity contribution in [3.05, 3.63) is 59.4 Å². The van der Waals surface area contributed by atoms with E-state index in [1.165, 1.54) is 18.3 Å². The maximum absolute atomic E-state index is 13.2. The summed E-state index contributed by atoms with van der Waals surface area (Å²) in [6.45, 7) is 3.22.